The fourth-order valence-corrected chi connectivity index (χ4v) is 2.25. The lowest BCUT2D eigenvalue weighted by atomic mass is 10.1. The minimum absolute atomic E-state index is 0.666. The Morgan fingerprint density at radius 1 is 1.50 bits per heavy atom. The Balaban J connectivity index is 1.79. The molecule has 0 radical (unpaired) electrons. The molecule has 2 heterocycles. The van der Waals surface area contributed by atoms with E-state index in [0.717, 1.165) is 6.54 Å². The maximum Gasteiger partial charge on any atom is 0.0535 e. The molecule has 1 aromatic heterocycles. The van der Waals surface area contributed by atoms with Gasteiger partial charge in [0.05, 0.1) is 6.20 Å². The lowest BCUT2D eigenvalue weighted by Crippen LogP contribution is -2.29. The topological polar surface area (TPSA) is 44.0 Å². The van der Waals surface area contributed by atoms with Gasteiger partial charge in [0.1, 0.15) is 0 Å². The van der Waals surface area contributed by atoms with Gasteiger partial charge >= 0.3 is 0 Å². The molecular weight excluding hydrogens is 200 g/mol. The van der Waals surface area contributed by atoms with Crippen LogP contribution in [0.5, 0.6) is 0 Å². The summed E-state index contributed by atoms with van der Waals surface area (Å²) in [7, 11) is 2.21. The van der Waals surface area contributed by atoms with E-state index in [4.69, 9.17) is 0 Å². The fourth-order valence-electron chi connectivity index (χ4n) is 2.25. The first kappa shape index (κ1) is 11.6. The lowest BCUT2D eigenvalue weighted by Gasteiger charge is -2.16. The highest BCUT2D eigenvalue weighted by molar-refractivity contribution is 5.13. The van der Waals surface area contributed by atoms with Crippen molar-refractivity contribution in [1.82, 2.24) is 20.4 Å². The number of likely N-dealkylation sites (tertiary alicyclic amines) is 1. The number of hydrogen-bond acceptors (Lipinski definition) is 3. The molecule has 0 bridgehead atoms. The van der Waals surface area contributed by atoms with Crippen LogP contribution in [-0.4, -0.2) is 41.3 Å². The van der Waals surface area contributed by atoms with Crippen molar-refractivity contribution in [3.63, 3.8) is 0 Å². The van der Waals surface area contributed by atoms with Crippen LogP contribution in [0.4, 0.5) is 0 Å². The molecule has 1 unspecified atom stereocenters. The summed E-state index contributed by atoms with van der Waals surface area (Å²) in [4.78, 5) is 2.42. The number of aromatic amines is 1. The van der Waals surface area contributed by atoms with Crippen LogP contribution in [0, 0.1) is 6.92 Å². The van der Waals surface area contributed by atoms with Gasteiger partial charge < -0.3 is 10.2 Å². The molecule has 2 N–H and O–H groups in total. The summed E-state index contributed by atoms with van der Waals surface area (Å²) in [6.07, 6.45) is 5.78. The van der Waals surface area contributed by atoms with Crippen LogP contribution in [-0.2, 0) is 6.54 Å². The molecule has 0 aromatic carbocycles. The maximum absolute atomic E-state index is 4.04. The standard InChI is InChI=1S/C12H22N4/c1-10-11(9-14-15-10)8-13-12-4-3-6-16(2)7-5-12/h9,12-13H,3-8H2,1-2H3,(H,14,15). The molecule has 1 aliphatic rings. The highest BCUT2D eigenvalue weighted by Gasteiger charge is 2.14. The predicted octanol–water partition coefficient (Wildman–Crippen LogP) is 1.29. The Labute approximate surface area is 97.4 Å². The van der Waals surface area contributed by atoms with Gasteiger partial charge in [-0.15, -0.1) is 0 Å². The quantitative estimate of drug-likeness (QED) is 0.810. The number of rotatable bonds is 3. The van der Waals surface area contributed by atoms with Crippen molar-refractivity contribution in [1.29, 1.82) is 0 Å². The van der Waals surface area contributed by atoms with E-state index in [9.17, 15) is 0 Å². The van der Waals surface area contributed by atoms with Crippen LogP contribution < -0.4 is 5.32 Å². The zero-order valence-electron chi connectivity index (χ0n) is 10.3. The van der Waals surface area contributed by atoms with Gasteiger partial charge in [-0.25, -0.2) is 0 Å². The van der Waals surface area contributed by atoms with Gasteiger partial charge in [0, 0.05) is 23.8 Å². The van der Waals surface area contributed by atoms with E-state index in [2.05, 4.69) is 34.4 Å². The van der Waals surface area contributed by atoms with E-state index in [1.54, 1.807) is 0 Å². The van der Waals surface area contributed by atoms with Gasteiger partial charge in [0.2, 0.25) is 0 Å². The Bertz CT molecular complexity index is 321. The zero-order valence-corrected chi connectivity index (χ0v) is 10.3. The van der Waals surface area contributed by atoms with Crippen LogP contribution in [0.15, 0.2) is 6.20 Å². The number of aromatic nitrogens is 2. The summed E-state index contributed by atoms with van der Waals surface area (Å²) in [5.41, 5.74) is 2.47. The molecule has 1 aliphatic heterocycles. The summed E-state index contributed by atoms with van der Waals surface area (Å²) in [5, 5.41) is 10.7. The number of H-pyrrole nitrogens is 1. The largest absolute Gasteiger partial charge is 0.310 e. The van der Waals surface area contributed by atoms with Crippen molar-refractivity contribution in [3.05, 3.63) is 17.5 Å². The second kappa shape index (κ2) is 5.46. The molecule has 2 rings (SSSR count). The van der Waals surface area contributed by atoms with Crippen LogP contribution in [0.3, 0.4) is 0 Å². The molecule has 1 atom stereocenters. The van der Waals surface area contributed by atoms with E-state index in [1.165, 1.54) is 43.6 Å². The van der Waals surface area contributed by atoms with Gasteiger partial charge in [-0.2, -0.15) is 5.10 Å². The SMILES string of the molecule is Cc1[nH]ncc1CNC1CCCN(C)CC1. The molecule has 0 spiro atoms. The van der Waals surface area contributed by atoms with E-state index in [0.29, 0.717) is 6.04 Å². The van der Waals surface area contributed by atoms with Gasteiger partial charge in [-0.1, -0.05) is 0 Å². The van der Waals surface area contributed by atoms with Crippen LogP contribution in [0.25, 0.3) is 0 Å². The Morgan fingerprint density at radius 3 is 3.12 bits per heavy atom. The van der Waals surface area contributed by atoms with Crippen molar-refractivity contribution in [3.8, 4) is 0 Å². The number of aryl methyl sites for hydroxylation is 1. The fraction of sp³-hybridized carbons (Fsp3) is 0.750. The minimum Gasteiger partial charge on any atom is -0.310 e. The summed E-state index contributed by atoms with van der Waals surface area (Å²) in [6.45, 7) is 5.46. The zero-order chi connectivity index (χ0) is 11.4. The molecule has 0 saturated carbocycles. The third-order valence-corrected chi connectivity index (χ3v) is 3.47. The molecule has 0 aliphatic carbocycles. The van der Waals surface area contributed by atoms with E-state index < -0.39 is 0 Å². The van der Waals surface area contributed by atoms with E-state index in [-0.39, 0.29) is 0 Å². The first-order chi connectivity index (χ1) is 7.75. The first-order valence-electron chi connectivity index (χ1n) is 6.16. The van der Waals surface area contributed by atoms with Crippen molar-refractivity contribution >= 4 is 0 Å². The number of hydrogen-bond donors (Lipinski definition) is 2. The normalized spacial score (nSPS) is 23.2. The van der Waals surface area contributed by atoms with Gasteiger partial charge in [0.15, 0.2) is 0 Å². The molecule has 1 fully saturated rings. The predicted molar refractivity (Wildman–Crippen MR) is 65.3 cm³/mol. The maximum atomic E-state index is 4.04. The second-order valence-corrected chi connectivity index (χ2v) is 4.83. The van der Waals surface area contributed by atoms with Gasteiger partial charge in [-0.3, -0.25) is 5.10 Å². The highest BCUT2D eigenvalue weighted by atomic mass is 15.1. The monoisotopic (exact) mass is 222 g/mol. The number of nitrogens with one attached hydrogen (secondary N) is 2. The Kier molecular flexibility index (Phi) is 3.96. The molecule has 1 saturated heterocycles. The van der Waals surface area contributed by atoms with Crippen molar-refractivity contribution in [2.45, 2.75) is 38.8 Å². The van der Waals surface area contributed by atoms with Crippen LogP contribution in [0.2, 0.25) is 0 Å². The third kappa shape index (κ3) is 3.06. The Hall–Kier alpha value is -0.870. The summed E-state index contributed by atoms with van der Waals surface area (Å²) >= 11 is 0. The average molecular weight is 222 g/mol. The molecule has 16 heavy (non-hydrogen) atoms. The molecule has 4 nitrogen and oxygen atoms in total. The van der Waals surface area contributed by atoms with Crippen LogP contribution >= 0.6 is 0 Å². The number of nitrogens with zero attached hydrogens (tertiary/aromatic N) is 2. The van der Waals surface area contributed by atoms with Crippen LogP contribution in [0.1, 0.15) is 30.5 Å². The molecule has 4 heteroatoms. The third-order valence-electron chi connectivity index (χ3n) is 3.47. The molecule has 0 amide bonds. The summed E-state index contributed by atoms with van der Waals surface area (Å²) in [6, 6.07) is 0.666. The smallest absolute Gasteiger partial charge is 0.0535 e. The van der Waals surface area contributed by atoms with Gasteiger partial charge in [-0.05, 0) is 46.3 Å². The molecular formula is C12H22N4. The minimum atomic E-state index is 0.666. The molecule has 90 valence electrons. The Morgan fingerprint density at radius 2 is 2.38 bits per heavy atom. The summed E-state index contributed by atoms with van der Waals surface area (Å²) < 4.78 is 0. The van der Waals surface area contributed by atoms with Gasteiger partial charge in [0.25, 0.3) is 0 Å². The second-order valence-electron chi connectivity index (χ2n) is 4.83. The lowest BCUT2D eigenvalue weighted by molar-refractivity contribution is 0.343. The summed E-state index contributed by atoms with van der Waals surface area (Å²) in [5.74, 6) is 0. The van der Waals surface area contributed by atoms with E-state index in [1.807, 2.05) is 6.20 Å². The van der Waals surface area contributed by atoms with E-state index >= 15 is 0 Å². The average Bonchev–Trinajstić information content (AvgIpc) is 2.55. The highest BCUT2D eigenvalue weighted by Crippen LogP contribution is 2.11. The first-order valence-corrected chi connectivity index (χ1v) is 6.16. The van der Waals surface area contributed by atoms with Crippen molar-refractivity contribution < 1.29 is 0 Å². The van der Waals surface area contributed by atoms with Crippen molar-refractivity contribution in [2.75, 3.05) is 20.1 Å². The van der Waals surface area contributed by atoms with Crippen molar-refractivity contribution in [2.24, 2.45) is 0 Å². The molecule has 1 aromatic rings.